The second kappa shape index (κ2) is 5.16. The molecule has 3 aromatic rings. The van der Waals surface area contributed by atoms with Crippen LogP contribution < -0.4 is 11.3 Å². The third-order valence-corrected chi connectivity index (χ3v) is 3.01. The number of aromatic amines is 1. The molecule has 0 spiro atoms. The monoisotopic (exact) mass is 282 g/mol. The van der Waals surface area contributed by atoms with Gasteiger partial charge in [0.2, 0.25) is 0 Å². The first-order chi connectivity index (χ1) is 10.1. The Morgan fingerprint density at radius 1 is 1.05 bits per heavy atom. The molecule has 1 aromatic heterocycles. The molecule has 2 aromatic carbocycles. The number of hydrogen-bond donors (Lipinski definition) is 2. The van der Waals surface area contributed by atoms with Gasteiger partial charge in [-0.1, -0.05) is 30.3 Å². The lowest BCUT2D eigenvalue weighted by molar-refractivity contribution is 0.628. The topological polar surface area (TPSA) is 84.7 Å². The zero-order chi connectivity index (χ0) is 14.8. The molecule has 0 saturated heterocycles. The molecular weight excluding hydrogens is 271 g/mol. The maximum Gasteiger partial charge on any atom is 0.278 e. The molecule has 0 aliphatic rings. The highest BCUT2D eigenvalue weighted by molar-refractivity contribution is 5.71. The van der Waals surface area contributed by atoms with Crippen LogP contribution in [-0.4, -0.2) is 15.2 Å². The van der Waals surface area contributed by atoms with E-state index < -0.39 is 11.4 Å². The molecule has 0 bridgehead atoms. The smallest absolute Gasteiger partial charge is 0.278 e. The normalized spacial score (nSPS) is 10.5. The lowest BCUT2D eigenvalue weighted by atomic mass is 10.1. The predicted molar refractivity (Wildman–Crippen MR) is 77.9 cm³/mol. The molecule has 0 aliphatic carbocycles. The van der Waals surface area contributed by atoms with Gasteiger partial charge in [0.05, 0.1) is 0 Å². The maximum absolute atomic E-state index is 13.3. The van der Waals surface area contributed by atoms with Gasteiger partial charge in [0.15, 0.2) is 11.5 Å². The van der Waals surface area contributed by atoms with Crippen molar-refractivity contribution in [1.29, 1.82) is 0 Å². The van der Waals surface area contributed by atoms with Gasteiger partial charge in [-0.2, -0.15) is 0 Å². The third-order valence-electron chi connectivity index (χ3n) is 3.01. The van der Waals surface area contributed by atoms with Crippen molar-refractivity contribution in [1.82, 2.24) is 15.2 Å². The molecule has 104 valence electrons. The van der Waals surface area contributed by atoms with Crippen LogP contribution in [0.4, 0.5) is 10.1 Å². The Labute approximate surface area is 119 Å². The average molecular weight is 282 g/mol. The number of nitrogens with one attached hydrogen (secondary N) is 1. The standard InChI is InChI=1S/C15H11FN4O/c16-10-6-7-12(17)11(8-10)14-18-15(21)13(19-20-14)9-4-2-1-3-5-9/h1-8H,17H2,(H,18,20,21). The number of rotatable bonds is 2. The Balaban J connectivity index is 2.10. The zero-order valence-corrected chi connectivity index (χ0v) is 10.9. The van der Waals surface area contributed by atoms with Crippen molar-refractivity contribution in [2.75, 3.05) is 5.73 Å². The zero-order valence-electron chi connectivity index (χ0n) is 10.9. The van der Waals surface area contributed by atoms with E-state index in [1.165, 1.54) is 18.2 Å². The van der Waals surface area contributed by atoms with E-state index in [2.05, 4.69) is 15.2 Å². The van der Waals surface area contributed by atoms with Crippen molar-refractivity contribution in [3.05, 3.63) is 64.7 Å². The SMILES string of the molecule is Nc1ccc(F)cc1-c1nnc(-c2ccccc2)c(=O)[nH]1. The quantitative estimate of drug-likeness (QED) is 0.706. The van der Waals surface area contributed by atoms with Crippen LogP contribution >= 0.6 is 0 Å². The van der Waals surface area contributed by atoms with E-state index in [9.17, 15) is 9.18 Å². The lowest BCUT2D eigenvalue weighted by Gasteiger charge is -2.05. The molecule has 3 rings (SSSR count). The maximum atomic E-state index is 13.3. The molecule has 0 radical (unpaired) electrons. The van der Waals surface area contributed by atoms with E-state index >= 15 is 0 Å². The minimum absolute atomic E-state index is 0.136. The number of halogens is 1. The van der Waals surface area contributed by atoms with Crippen molar-refractivity contribution in [3.63, 3.8) is 0 Å². The van der Waals surface area contributed by atoms with Gasteiger partial charge < -0.3 is 10.7 Å². The van der Waals surface area contributed by atoms with Gasteiger partial charge in [-0.25, -0.2) is 4.39 Å². The van der Waals surface area contributed by atoms with E-state index in [1.807, 2.05) is 6.07 Å². The molecule has 0 saturated carbocycles. The summed E-state index contributed by atoms with van der Waals surface area (Å²) in [4.78, 5) is 14.7. The summed E-state index contributed by atoms with van der Waals surface area (Å²) < 4.78 is 13.3. The number of nitrogen functional groups attached to an aromatic ring is 1. The molecule has 0 aliphatic heterocycles. The Kier molecular flexibility index (Phi) is 3.19. The number of benzene rings is 2. The summed E-state index contributed by atoms with van der Waals surface area (Å²) in [5.74, 6) is -0.328. The van der Waals surface area contributed by atoms with Crippen LogP contribution in [0.1, 0.15) is 0 Å². The summed E-state index contributed by atoms with van der Waals surface area (Å²) in [6.45, 7) is 0. The lowest BCUT2D eigenvalue weighted by Crippen LogP contribution is -2.14. The fourth-order valence-electron chi connectivity index (χ4n) is 1.98. The molecule has 0 fully saturated rings. The number of hydrogen-bond acceptors (Lipinski definition) is 4. The minimum Gasteiger partial charge on any atom is -0.398 e. The first-order valence-electron chi connectivity index (χ1n) is 6.23. The summed E-state index contributed by atoms with van der Waals surface area (Å²) in [5, 5.41) is 7.86. The number of nitrogens with zero attached hydrogens (tertiary/aromatic N) is 2. The Morgan fingerprint density at radius 2 is 1.81 bits per heavy atom. The summed E-state index contributed by atoms with van der Waals surface area (Å²) >= 11 is 0. The predicted octanol–water partition coefficient (Wildman–Crippen LogP) is 2.22. The highest BCUT2D eigenvalue weighted by Crippen LogP contribution is 2.22. The van der Waals surface area contributed by atoms with Gasteiger partial charge >= 0.3 is 0 Å². The summed E-state index contributed by atoms with van der Waals surface area (Å²) in [6.07, 6.45) is 0. The molecule has 21 heavy (non-hydrogen) atoms. The molecule has 3 N–H and O–H groups in total. The van der Waals surface area contributed by atoms with Crippen molar-refractivity contribution >= 4 is 5.69 Å². The van der Waals surface area contributed by atoms with E-state index in [-0.39, 0.29) is 11.5 Å². The third kappa shape index (κ3) is 2.51. The van der Waals surface area contributed by atoms with Crippen LogP contribution in [0, 0.1) is 5.82 Å². The average Bonchev–Trinajstić information content (AvgIpc) is 2.50. The van der Waals surface area contributed by atoms with Crippen LogP contribution in [0.3, 0.4) is 0 Å². The summed E-state index contributed by atoms with van der Waals surface area (Å²) in [7, 11) is 0. The first-order valence-corrected chi connectivity index (χ1v) is 6.23. The van der Waals surface area contributed by atoms with Crippen LogP contribution in [-0.2, 0) is 0 Å². The van der Waals surface area contributed by atoms with Crippen molar-refractivity contribution in [2.45, 2.75) is 0 Å². The molecule has 0 atom stereocenters. The number of nitrogens with two attached hydrogens (primary N) is 1. The molecule has 6 heteroatoms. The van der Waals surface area contributed by atoms with Crippen molar-refractivity contribution in [3.8, 4) is 22.6 Å². The molecule has 5 nitrogen and oxygen atoms in total. The highest BCUT2D eigenvalue weighted by Gasteiger charge is 2.11. The van der Waals surface area contributed by atoms with Crippen LogP contribution in [0.25, 0.3) is 22.6 Å². The molecular formula is C15H11FN4O. The second-order valence-electron chi connectivity index (χ2n) is 4.45. The van der Waals surface area contributed by atoms with E-state index in [4.69, 9.17) is 5.73 Å². The Hall–Kier alpha value is -3.02. The molecule has 0 unspecified atom stereocenters. The van der Waals surface area contributed by atoms with Gasteiger partial charge in [0.25, 0.3) is 5.56 Å². The largest absolute Gasteiger partial charge is 0.398 e. The van der Waals surface area contributed by atoms with Gasteiger partial charge in [0.1, 0.15) is 5.82 Å². The van der Waals surface area contributed by atoms with E-state index in [1.54, 1.807) is 24.3 Å². The Morgan fingerprint density at radius 3 is 2.52 bits per heavy atom. The van der Waals surface area contributed by atoms with Gasteiger partial charge in [-0.3, -0.25) is 4.79 Å². The molecule has 0 amide bonds. The van der Waals surface area contributed by atoms with E-state index in [0.717, 1.165) is 0 Å². The summed E-state index contributed by atoms with van der Waals surface area (Å²) in [5.41, 5.74) is 6.84. The number of anilines is 1. The highest BCUT2D eigenvalue weighted by atomic mass is 19.1. The van der Waals surface area contributed by atoms with Crippen LogP contribution in [0.2, 0.25) is 0 Å². The Bertz CT molecular complexity index is 846. The minimum atomic E-state index is -0.464. The second-order valence-corrected chi connectivity index (χ2v) is 4.45. The van der Waals surface area contributed by atoms with Crippen LogP contribution in [0.5, 0.6) is 0 Å². The fourth-order valence-corrected chi connectivity index (χ4v) is 1.98. The first kappa shape index (κ1) is 13.0. The van der Waals surface area contributed by atoms with Gasteiger partial charge in [-0.15, -0.1) is 10.2 Å². The van der Waals surface area contributed by atoms with Crippen molar-refractivity contribution < 1.29 is 4.39 Å². The number of H-pyrrole nitrogens is 1. The van der Waals surface area contributed by atoms with E-state index in [0.29, 0.717) is 16.8 Å². The van der Waals surface area contributed by atoms with Crippen molar-refractivity contribution in [2.24, 2.45) is 0 Å². The van der Waals surface area contributed by atoms with Crippen LogP contribution in [0.15, 0.2) is 53.3 Å². The summed E-state index contributed by atoms with van der Waals surface area (Å²) in [6, 6.07) is 12.8. The van der Waals surface area contributed by atoms with Gasteiger partial charge in [0, 0.05) is 16.8 Å². The van der Waals surface area contributed by atoms with Gasteiger partial charge in [-0.05, 0) is 18.2 Å². The number of aromatic nitrogens is 3. The molecule has 1 heterocycles. The fraction of sp³-hybridized carbons (Fsp3) is 0.